The molecule has 1 N–H and O–H groups in total. The van der Waals surface area contributed by atoms with E-state index in [4.69, 9.17) is 4.74 Å². The molecule has 1 saturated heterocycles. The maximum Gasteiger partial charge on any atom is 0.337 e. The van der Waals surface area contributed by atoms with Gasteiger partial charge in [0.25, 0.3) is 11.8 Å². The van der Waals surface area contributed by atoms with Gasteiger partial charge < -0.3 is 14.6 Å². The molecule has 5 rings (SSSR count). The van der Waals surface area contributed by atoms with Gasteiger partial charge in [0, 0.05) is 62.3 Å². The first-order chi connectivity index (χ1) is 18.4. The minimum absolute atomic E-state index is 0.144. The molecule has 3 aromatic rings. The molecule has 0 saturated carbocycles. The molecule has 2 heterocycles. The van der Waals surface area contributed by atoms with Crippen molar-refractivity contribution >= 4 is 28.6 Å². The summed E-state index contributed by atoms with van der Waals surface area (Å²) < 4.78 is 10.3. The molecule has 2 amide bonds. The number of aliphatic hydroxyl groups is 1. The van der Waals surface area contributed by atoms with Crippen LogP contribution < -0.4 is 4.74 Å². The number of carbonyl (C=O) groups excluding carboxylic acids is 3. The Kier molecular flexibility index (Phi) is 7.69. The lowest BCUT2D eigenvalue weighted by Crippen LogP contribution is -2.51. The van der Waals surface area contributed by atoms with Crippen LogP contribution in [0.5, 0.6) is 5.75 Å². The van der Waals surface area contributed by atoms with E-state index in [-0.39, 0.29) is 18.4 Å². The summed E-state index contributed by atoms with van der Waals surface area (Å²) in [6, 6.07) is 17.7. The van der Waals surface area contributed by atoms with Crippen molar-refractivity contribution in [2.45, 2.75) is 6.10 Å². The Balaban J connectivity index is 1.07. The maximum absolute atomic E-state index is 13.1. The van der Waals surface area contributed by atoms with Crippen LogP contribution in [0.4, 0.5) is 0 Å². The van der Waals surface area contributed by atoms with Crippen molar-refractivity contribution in [3.63, 3.8) is 0 Å². The molecule has 198 valence electrons. The van der Waals surface area contributed by atoms with Crippen LogP contribution in [0.1, 0.15) is 31.1 Å². The highest BCUT2D eigenvalue weighted by Gasteiger charge is 2.33. The fraction of sp³-hybridized carbons (Fsp3) is 0.345. The fourth-order valence-corrected chi connectivity index (χ4v) is 5.07. The zero-order chi connectivity index (χ0) is 26.6. The second-order valence-corrected chi connectivity index (χ2v) is 9.59. The summed E-state index contributed by atoms with van der Waals surface area (Å²) in [5, 5.41) is 12.1. The van der Waals surface area contributed by atoms with Gasteiger partial charge >= 0.3 is 5.97 Å². The van der Waals surface area contributed by atoms with Crippen molar-refractivity contribution in [2.24, 2.45) is 0 Å². The standard InChI is InChI=1S/C29H31N3O6/c1-37-29(36)21-8-10-23(11-9-21)38-19-22(33)18-31-14-12-30(13-15-31)16-17-32-27(34)24-6-2-4-20-5-3-7-25(26(20)24)28(32)35/h2-11,22,33H,12-19H2,1H3/t22-/m0/s1. The number of carbonyl (C=O) groups is 3. The van der Waals surface area contributed by atoms with Gasteiger partial charge in [0.1, 0.15) is 18.5 Å². The van der Waals surface area contributed by atoms with Gasteiger partial charge in [-0.25, -0.2) is 4.79 Å². The Morgan fingerprint density at radius 2 is 1.47 bits per heavy atom. The SMILES string of the molecule is COC(=O)c1ccc(OC[C@@H](O)CN2CCN(CCN3C(=O)c4cccc5cccc(c45)C3=O)CC2)cc1. The summed E-state index contributed by atoms with van der Waals surface area (Å²) >= 11 is 0. The number of piperazine rings is 1. The van der Waals surface area contributed by atoms with Crippen molar-refractivity contribution in [1.29, 1.82) is 0 Å². The van der Waals surface area contributed by atoms with Crippen LogP contribution >= 0.6 is 0 Å². The van der Waals surface area contributed by atoms with Gasteiger partial charge in [-0.1, -0.05) is 24.3 Å². The predicted molar refractivity (Wildman–Crippen MR) is 141 cm³/mol. The topological polar surface area (TPSA) is 99.6 Å². The van der Waals surface area contributed by atoms with E-state index in [2.05, 4.69) is 14.5 Å². The van der Waals surface area contributed by atoms with Gasteiger partial charge in [-0.3, -0.25) is 24.3 Å². The zero-order valence-electron chi connectivity index (χ0n) is 21.3. The summed E-state index contributed by atoms with van der Waals surface area (Å²) in [5.41, 5.74) is 1.60. The Morgan fingerprint density at radius 1 is 0.868 bits per heavy atom. The average Bonchev–Trinajstić information content (AvgIpc) is 2.95. The molecule has 0 bridgehead atoms. The number of aliphatic hydroxyl groups excluding tert-OH is 1. The third-order valence-electron chi connectivity index (χ3n) is 7.15. The summed E-state index contributed by atoms with van der Waals surface area (Å²) in [6.45, 7) is 4.69. The van der Waals surface area contributed by atoms with Crippen molar-refractivity contribution in [2.75, 3.05) is 59.5 Å². The van der Waals surface area contributed by atoms with E-state index in [9.17, 15) is 19.5 Å². The molecule has 2 aliphatic rings. The first-order valence-corrected chi connectivity index (χ1v) is 12.8. The highest BCUT2D eigenvalue weighted by atomic mass is 16.5. The van der Waals surface area contributed by atoms with Crippen molar-refractivity contribution in [3.05, 3.63) is 77.4 Å². The summed E-state index contributed by atoms with van der Waals surface area (Å²) in [5.74, 6) is -0.308. The van der Waals surface area contributed by atoms with Crippen molar-refractivity contribution in [1.82, 2.24) is 14.7 Å². The molecule has 0 radical (unpaired) electrons. The van der Waals surface area contributed by atoms with E-state index in [0.717, 1.165) is 37.0 Å². The number of hydrogen-bond acceptors (Lipinski definition) is 8. The lowest BCUT2D eigenvalue weighted by molar-refractivity contribution is 0.0416. The van der Waals surface area contributed by atoms with E-state index >= 15 is 0 Å². The minimum atomic E-state index is -0.659. The minimum Gasteiger partial charge on any atom is -0.491 e. The lowest BCUT2D eigenvalue weighted by atomic mass is 9.94. The number of benzene rings is 3. The molecule has 3 aromatic carbocycles. The van der Waals surface area contributed by atoms with Gasteiger partial charge in [-0.05, 0) is 41.8 Å². The fourth-order valence-electron chi connectivity index (χ4n) is 5.07. The molecule has 9 nitrogen and oxygen atoms in total. The highest BCUT2D eigenvalue weighted by molar-refractivity contribution is 6.25. The largest absolute Gasteiger partial charge is 0.491 e. The van der Waals surface area contributed by atoms with Gasteiger partial charge in [-0.2, -0.15) is 0 Å². The second-order valence-electron chi connectivity index (χ2n) is 9.59. The van der Waals surface area contributed by atoms with Crippen LogP contribution in [0, 0.1) is 0 Å². The number of nitrogens with zero attached hydrogens (tertiary/aromatic N) is 3. The van der Waals surface area contributed by atoms with Crippen LogP contribution in [0.25, 0.3) is 10.8 Å². The monoisotopic (exact) mass is 517 g/mol. The van der Waals surface area contributed by atoms with Crippen LogP contribution in [-0.2, 0) is 4.74 Å². The molecule has 9 heteroatoms. The van der Waals surface area contributed by atoms with Crippen molar-refractivity contribution in [3.8, 4) is 5.75 Å². The number of β-amino-alcohol motifs (C(OH)–C–C–N with tert-alkyl or cyclic N) is 1. The molecule has 0 unspecified atom stereocenters. The van der Waals surface area contributed by atoms with Crippen LogP contribution in [0.3, 0.4) is 0 Å². The summed E-state index contributed by atoms with van der Waals surface area (Å²) in [4.78, 5) is 43.5. The number of esters is 1. The third-order valence-corrected chi connectivity index (χ3v) is 7.15. The summed E-state index contributed by atoms with van der Waals surface area (Å²) in [7, 11) is 1.33. The van der Waals surface area contributed by atoms with Crippen molar-refractivity contribution < 1.29 is 29.0 Å². The second kappa shape index (κ2) is 11.3. The van der Waals surface area contributed by atoms with E-state index in [1.807, 2.05) is 24.3 Å². The Morgan fingerprint density at radius 3 is 2.08 bits per heavy atom. The van der Waals surface area contributed by atoms with Crippen LogP contribution in [0.15, 0.2) is 60.7 Å². The Hall–Kier alpha value is -3.79. The van der Waals surface area contributed by atoms with Gasteiger partial charge in [0.05, 0.1) is 12.7 Å². The smallest absolute Gasteiger partial charge is 0.337 e. The van der Waals surface area contributed by atoms with E-state index < -0.39 is 12.1 Å². The molecule has 0 aliphatic carbocycles. The number of hydrogen-bond donors (Lipinski definition) is 1. The van der Waals surface area contributed by atoms with Gasteiger partial charge in [-0.15, -0.1) is 0 Å². The average molecular weight is 518 g/mol. The molecule has 38 heavy (non-hydrogen) atoms. The highest BCUT2D eigenvalue weighted by Crippen LogP contribution is 2.29. The molecule has 1 fully saturated rings. The quantitative estimate of drug-likeness (QED) is 0.341. The molecule has 2 aliphatic heterocycles. The zero-order valence-corrected chi connectivity index (χ0v) is 21.3. The Labute approximate surface area is 221 Å². The molecule has 0 spiro atoms. The molecule has 0 aromatic heterocycles. The maximum atomic E-state index is 13.1. The van der Waals surface area contributed by atoms with E-state index in [0.29, 0.717) is 42.1 Å². The number of imide groups is 1. The first kappa shape index (κ1) is 25.8. The predicted octanol–water partition coefficient (Wildman–Crippen LogP) is 2.28. The number of amides is 2. The number of ether oxygens (including phenoxy) is 2. The number of rotatable bonds is 9. The molecular weight excluding hydrogens is 486 g/mol. The van der Waals surface area contributed by atoms with Gasteiger partial charge in [0.15, 0.2) is 0 Å². The molecule has 1 atom stereocenters. The normalized spacial score (nSPS) is 17.1. The molecular formula is C29H31N3O6. The third kappa shape index (κ3) is 5.40. The van der Waals surface area contributed by atoms with Crippen LogP contribution in [0.2, 0.25) is 0 Å². The first-order valence-electron chi connectivity index (χ1n) is 12.8. The lowest BCUT2D eigenvalue weighted by Gasteiger charge is -2.36. The Bertz CT molecular complexity index is 1280. The van der Waals surface area contributed by atoms with Gasteiger partial charge in [0.2, 0.25) is 0 Å². The van der Waals surface area contributed by atoms with E-state index in [1.165, 1.54) is 12.0 Å². The summed E-state index contributed by atoms with van der Waals surface area (Å²) in [6.07, 6.45) is -0.659. The van der Waals surface area contributed by atoms with Crippen LogP contribution in [-0.4, -0.2) is 103 Å². The number of methoxy groups -OCH3 is 1. The van der Waals surface area contributed by atoms with E-state index in [1.54, 1.807) is 36.4 Å².